The first kappa shape index (κ1) is 31.4. The van der Waals surface area contributed by atoms with Crippen LogP contribution in [0, 0.1) is 28.8 Å². The van der Waals surface area contributed by atoms with Gasteiger partial charge in [0.2, 0.25) is 0 Å². The number of hydrogen-bond acceptors (Lipinski definition) is 8. The van der Waals surface area contributed by atoms with Gasteiger partial charge in [-0.25, -0.2) is 13.2 Å². The summed E-state index contributed by atoms with van der Waals surface area (Å²) in [5, 5.41) is 9.11. The first-order valence-corrected chi connectivity index (χ1v) is 13.5. The minimum atomic E-state index is -1.37. The van der Waals surface area contributed by atoms with Gasteiger partial charge in [0.15, 0.2) is 34.1 Å². The molecule has 1 aromatic heterocycles. The van der Waals surface area contributed by atoms with Crippen LogP contribution in [-0.4, -0.2) is 54.8 Å². The van der Waals surface area contributed by atoms with Crippen LogP contribution < -0.4 is 19.3 Å². The smallest absolute Gasteiger partial charge is 0.259 e. The van der Waals surface area contributed by atoms with Crippen molar-refractivity contribution in [3.63, 3.8) is 0 Å². The summed E-state index contributed by atoms with van der Waals surface area (Å²) < 4.78 is 61.0. The number of aldehydes is 1. The quantitative estimate of drug-likeness (QED) is 0.152. The standard InChI is InChI=1S/C30H27F3N4O5S/c1-30(2)28(39)36(23-8-6-19(16-34)27(40-3)25(23)33)29(43)37(30)20-15-22(32)26(35-17-20)18-7-9-24(21(31)14-18)42-12-5-4-11-41-13-10-38/h6-10,14-15,17H,4-5,11-13H2,1-3H3. The minimum absolute atomic E-state index is 0.0102. The Morgan fingerprint density at radius 1 is 1.09 bits per heavy atom. The largest absolute Gasteiger partial charge is 0.492 e. The predicted octanol–water partition coefficient (Wildman–Crippen LogP) is 5.34. The van der Waals surface area contributed by atoms with Gasteiger partial charge in [0.1, 0.15) is 30.2 Å². The second kappa shape index (κ2) is 13.2. The zero-order valence-corrected chi connectivity index (χ0v) is 24.3. The molecule has 1 aliphatic heterocycles. The molecule has 1 aliphatic rings. The highest BCUT2D eigenvalue weighted by Gasteiger charge is 2.51. The normalized spacial score (nSPS) is 14.2. The first-order chi connectivity index (χ1) is 20.6. The van der Waals surface area contributed by atoms with E-state index in [2.05, 4.69) is 4.98 Å². The summed E-state index contributed by atoms with van der Waals surface area (Å²) in [5.74, 6) is -3.41. The van der Waals surface area contributed by atoms with Crippen LogP contribution in [0.2, 0.25) is 0 Å². The minimum Gasteiger partial charge on any atom is -0.492 e. The van der Waals surface area contributed by atoms with Crippen molar-refractivity contribution in [1.29, 1.82) is 5.26 Å². The molecule has 1 saturated heterocycles. The summed E-state index contributed by atoms with van der Waals surface area (Å²) in [7, 11) is 1.20. The second-order valence-corrected chi connectivity index (χ2v) is 10.2. The third kappa shape index (κ3) is 6.16. The summed E-state index contributed by atoms with van der Waals surface area (Å²) in [5.41, 5.74) is -1.53. The summed E-state index contributed by atoms with van der Waals surface area (Å²) in [6.07, 6.45) is 3.16. The van der Waals surface area contributed by atoms with Crippen LogP contribution in [0.15, 0.2) is 42.6 Å². The lowest BCUT2D eigenvalue weighted by atomic mass is 10.0. The van der Waals surface area contributed by atoms with E-state index in [0.717, 1.165) is 17.0 Å². The number of hydrogen-bond donors (Lipinski definition) is 0. The van der Waals surface area contributed by atoms with Crippen molar-refractivity contribution in [3.05, 3.63) is 65.6 Å². The van der Waals surface area contributed by atoms with Gasteiger partial charge in [0.05, 0.1) is 36.9 Å². The molecule has 1 fully saturated rings. The number of thiocarbonyl (C=S) groups is 1. The fourth-order valence-electron chi connectivity index (χ4n) is 4.59. The van der Waals surface area contributed by atoms with Crippen molar-refractivity contribution in [2.45, 2.75) is 32.2 Å². The maximum Gasteiger partial charge on any atom is 0.259 e. The number of pyridine rings is 1. The van der Waals surface area contributed by atoms with E-state index in [1.54, 1.807) is 13.8 Å². The van der Waals surface area contributed by atoms with Crippen LogP contribution in [0.5, 0.6) is 11.5 Å². The lowest BCUT2D eigenvalue weighted by Crippen LogP contribution is -2.44. The molecule has 0 unspecified atom stereocenters. The summed E-state index contributed by atoms with van der Waals surface area (Å²) in [4.78, 5) is 30.2. The number of anilines is 2. The van der Waals surface area contributed by atoms with Crippen LogP contribution in [-0.2, 0) is 14.3 Å². The molecule has 0 aliphatic carbocycles. The molecule has 2 heterocycles. The van der Waals surface area contributed by atoms with Gasteiger partial charge in [0, 0.05) is 18.2 Å². The Hall–Kier alpha value is -4.54. The van der Waals surface area contributed by atoms with Crippen molar-refractivity contribution in [1.82, 2.24) is 4.98 Å². The van der Waals surface area contributed by atoms with Crippen LogP contribution >= 0.6 is 12.2 Å². The number of rotatable bonds is 12. The predicted molar refractivity (Wildman–Crippen MR) is 156 cm³/mol. The fraction of sp³-hybridized carbons (Fsp3) is 0.300. The van der Waals surface area contributed by atoms with Crippen molar-refractivity contribution < 1.29 is 37.0 Å². The number of nitriles is 1. The highest BCUT2D eigenvalue weighted by atomic mass is 32.1. The fourth-order valence-corrected chi connectivity index (χ4v) is 5.11. The molecule has 0 atom stereocenters. The molecule has 0 radical (unpaired) electrons. The van der Waals surface area contributed by atoms with Crippen molar-refractivity contribution in [2.75, 3.05) is 36.7 Å². The molecule has 0 bridgehead atoms. The van der Waals surface area contributed by atoms with Crippen LogP contribution in [0.3, 0.4) is 0 Å². The van der Waals surface area contributed by atoms with Gasteiger partial charge < -0.3 is 23.9 Å². The number of amides is 1. The van der Waals surface area contributed by atoms with Gasteiger partial charge in [0.25, 0.3) is 5.91 Å². The SMILES string of the molecule is COc1c(C#N)ccc(N2C(=O)C(C)(C)N(c3cnc(-c4ccc(OCCCCOCC=O)c(F)c4)c(F)c3)C2=S)c1F. The molecule has 43 heavy (non-hydrogen) atoms. The van der Waals surface area contributed by atoms with E-state index in [-0.39, 0.29) is 58.0 Å². The Kier molecular flexibility index (Phi) is 9.63. The van der Waals surface area contributed by atoms with E-state index in [0.29, 0.717) is 25.7 Å². The van der Waals surface area contributed by atoms with Gasteiger partial charge in [-0.15, -0.1) is 0 Å². The molecule has 0 spiro atoms. The van der Waals surface area contributed by atoms with Crippen molar-refractivity contribution in [3.8, 4) is 28.8 Å². The Bertz CT molecular complexity index is 1610. The Balaban J connectivity index is 1.55. The number of carbonyl (C=O) groups is 2. The van der Waals surface area contributed by atoms with Crippen molar-refractivity contribution >= 4 is 40.9 Å². The average molecular weight is 613 g/mol. The summed E-state index contributed by atoms with van der Waals surface area (Å²) in [6.45, 7) is 3.71. The summed E-state index contributed by atoms with van der Waals surface area (Å²) >= 11 is 5.55. The Labute approximate surface area is 251 Å². The molecular weight excluding hydrogens is 585 g/mol. The molecule has 1 amide bonds. The van der Waals surface area contributed by atoms with E-state index in [4.69, 9.17) is 26.4 Å². The number of unbranched alkanes of at least 4 members (excludes halogenated alkanes) is 1. The third-order valence-corrected chi connectivity index (χ3v) is 7.09. The van der Waals surface area contributed by atoms with Gasteiger partial charge >= 0.3 is 0 Å². The molecule has 13 heteroatoms. The molecule has 3 aromatic rings. The van der Waals surface area contributed by atoms with Gasteiger partial charge in [-0.1, -0.05) is 0 Å². The Morgan fingerprint density at radius 3 is 2.49 bits per heavy atom. The van der Waals surface area contributed by atoms with Crippen molar-refractivity contribution in [2.24, 2.45) is 0 Å². The van der Waals surface area contributed by atoms with E-state index in [1.807, 2.05) is 6.07 Å². The van der Waals surface area contributed by atoms with Crippen LogP contribution in [0.1, 0.15) is 32.3 Å². The number of ether oxygens (including phenoxy) is 3. The zero-order valence-electron chi connectivity index (χ0n) is 23.5. The number of benzene rings is 2. The average Bonchev–Trinajstić information content (AvgIpc) is 3.15. The molecule has 0 saturated carbocycles. The number of carbonyl (C=O) groups excluding carboxylic acids is 2. The number of nitrogens with zero attached hydrogens (tertiary/aromatic N) is 4. The first-order valence-electron chi connectivity index (χ1n) is 13.1. The number of methoxy groups -OCH3 is 1. The highest BCUT2D eigenvalue weighted by Crippen LogP contribution is 2.40. The van der Waals surface area contributed by atoms with E-state index >= 15 is 8.78 Å². The second-order valence-electron chi connectivity index (χ2n) is 9.88. The summed E-state index contributed by atoms with van der Waals surface area (Å²) in [6, 6.07) is 9.42. The lowest BCUT2D eigenvalue weighted by molar-refractivity contribution is -0.120. The van der Waals surface area contributed by atoms with Gasteiger partial charge in [-0.3, -0.25) is 14.7 Å². The molecule has 0 N–H and O–H groups in total. The third-order valence-electron chi connectivity index (χ3n) is 6.73. The van der Waals surface area contributed by atoms with Gasteiger partial charge in [-0.05, 0) is 69.2 Å². The van der Waals surface area contributed by atoms with E-state index in [9.17, 15) is 19.2 Å². The monoisotopic (exact) mass is 612 g/mol. The topological polar surface area (TPSA) is 105 Å². The molecule has 9 nitrogen and oxygen atoms in total. The maximum absolute atomic E-state index is 15.4. The molecular formula is C30H27F3N4O5S. The Morgan fingerprint density at radius 2 is 1.84 bits per heavy atom. The number of halogens is 3. The van der Waals surface area contributed by atoms with E-state index < -0.39 is 28.9 Å². The maximum atomic E-state index is 15.4. The molecule has 2 aromatic carbocycles. The van der Waals surface area contributed by atoms with Gasteiger partial charge in [-0.2, -0.15) is 5.26 Å². The lowest BCUT2D eigenvalue weighted by Gasteiger charge is -2.29. The highest BCUT2D eigenvalue weighted by molar-refractivity contribution is 7.81. The molecule has 4 rings (SSSR count). The van der Waals surface area contributed by atoms with Crippen LogP contribution in [0.4, 0.5) is 24.5 Å². The molecule has 224 valence electrons. The zero-order chi connectivity index (χ0) is 31.3. The number of aromatic nitrogens is 1. The van der Waals surface area contributed by atoms with E-state index in [1.165, 1.54) is 42.5 Å². The van der Waals surface area contributed by atoms with Crippen LogP contribution in [0.25, 0.3) is 11.3 Å².